The molecule has 3 heteroatoms. The second kappa shape index (κ2) is 5.80. The van der Waals surface area contributed by atoms with E-state index in [4.69, 9.17) is 0 Å². The normalized spacial score (nSPS) is 20.2. The van der Waals surface area contributed by atoms with Gasteiger partial charge in [-0.05, 0) is 23.8 Å². The van der Waals surface area contributed by atoms with Crippen molar-refractivity contribution >= 4 is 11.3 Å². The van der Waals surface area contributed by atoms with Crippen molar-refractivity contribution in [1.82, 2.24) is 10.2 Å². The highest BCUT2D eigenvalue weighted by atomic mass is 32.1. The van der Waals surface area contributed by atoms with Crippen LogP contribution in [0.15, 0.2) is 17.5 Å². The fourth-order valence-electron chi connectivity index (χ4n) is 2.44. The molecular weight excluding hydrogens is 216 g/mol. The van der Waals surface area contributed by atoms with Gasteiger partial charge >= 0.3 is 0 Å². The first-order valence-electron chi connectivity index (χ1n) is 6.24. The SMILES string of the molecule is CC(C)C(Cc1cccs1)N1CCNCC1. The van der Waals surface area contributed by atoms with Crippen LogP contribution in [0.4, 0.5) is 0 Å². The van der Waals surface area contributed by atoms with Crippen LogP contribution < -0.4 is 5.32 Å². The molecule has 1 aromatic rings. The Morgan fingerprint density at radius 2 is 2.12 bits per heavy atom. The topological polar surface area (TPSA) is 15.3 Å². The summed E-state index contributed by atoms with van der Waals surface area (Å²) in [4.78, 5) is 4.18. The highest BCUT2D eigenvalue weighted by molar-refractivity contribution is 7.09. The van der Waals surface area contributed by atoms with Gasteiger partial charge in [-0.1, -0.05) is 19.9 Å². The molecule has 0 spiro atoms. The van der Waals surface area contributed by atoms with Crippen LogP contribution in [0.1, 0.15) is 18.7 Å². The van der Waals surface area contributed by atoms with Gasteiger partial charge in [0.05, 0.1) is 0 Å². The molecule has 1 atom stereocenters. The molecule has 2 heterocycles. The van der Waals surface area contributed by atoms with Gasteiger partial charge in [0.25, 0.3) is 0 Å². The van der Waals surface area contributed by atoms with Gasteiger partial charge in [-0.25, -0.2) is 0 Å². The van der Waals surface area contributed by atoms with E-state index in [0.717, 1.165) is 19.0 Å². The molecule has 0 saturated carbocycles. The number of piperazine rings is 1. The molecule has 0 bridgehead atoms. The molecular formula is C13H22N2S. The summed E-state index contributed by atoms with van der Waals surface area (Å²) in [5, 5.41) is 5.61. The van der Waals surface area contributed by atoms with Gasteiger partial charge in [-0.2, -0.15) is 0 Å². The molecule has 0 aliphatic carbocycles. The molecule has 1 fully saturated rings. The lowest BCUT2D eigenvalue weighted by Gasteiger charge is -2.37. The Balaban J connectivity index is 1.98. The Morgan fingerprint density at radius 1 is 1.38 bits per heavy atom. The number of rotatable bonds is 4. The zero-order valence-electron chi connectivity index (χ0n) is 10.3. The van der Waals surface area contributed by atoms with Crippen LogP contribution in [0.5, 0.6) is 0 Å². The summed E-state index contributed by atoms with van der Waals surface area (Å²) in [5.41, 5.74) is 0. The van der Waals surface area contributed by atoms with Crippen molar-refractivity contribution in [2.24, 2.45) is 5.92 Å². The number of nitrogens with one attached hydrogen (secondary N) is 1. The minimum absolute atomic E-state index is 0.709. The van der Waals surface area contributed by atoms with Crippen molar-refractivity contribution in [3.05, 3.63) is 22.4 Å². The first kappa shape index (κ1) is 12.1. The Morgan fingerprint density at radius 3 is 2.69 bits per heavy atom. The van der Waals surface area contributed by atoms with E-state index in [0.29, 0.717) is 6.04 Å². The number of hydrogen-bond donors (Lipinski definition) is 1. The maximum Gasteiger partial charge on any atom is 0.0168 e. The summed E-state index contributed by atoms with van der Waals surface area (Å²) in [6.45, 7) is 9.39. The predicted octanol–water partition coefficient (Wildman–Crippen LogP) is 2.22. The third kappa shape index (κ3) is 3.06. The Labute approximate surface area is 103 Å². The monoisotopic (exact) mass is 238 g/mol. The van der Waals surface area contributed by atoms with Crippen molar-refractivity contribution in [2.45, 2.75) is 26.3 Å². The fourth-order valence-corrected chi connectivity index (χ4v) is 3.19. The highest BCUT2D eigenvalue weighted by Crippen LogP contribution is 2.20. The lowest BCUT2D eigenvalue weighted by atomic mass is 9.97. The van der Waals surface area contributed by atoms with Gasteiger partial charge in [0, 0.05) is 37.1 Å². The summed E-state index contributed by atoms with van der Waals surface area (Å²) in [6.07, 6.45) is 1.22. The van der Waals surface area contributed by atoms with Crippen molar-refractivity contribution in [1.29, 1.82) is 0 Å². The maximum absolute atomic E-state index is 3.43. The maximum atomic E-state index is 3.43. The van der Waals surface area contributed by atoms with E-state index in [1.807, 2.05) is 11.3 Å². The minimum atomic E-state index is 0.709. The average molecular weight is 238 g/mol. The van der Waals surface area contributed by atoms with E-state index < -0.39 is 0 Å². The second-order valence-corrected chi connectivity index (χ2v) is 5.91. The summed E-state index contributed by atoms with van der Waals surface area (Å²) in [6, 6.07) is 5.14. The van der Waals surface area contributed by atoms with Crippen molar-refractivity contribution < 1.29 is 0 Å². The van der Waals surface area contributed by atoms with E-state index in [1.54, 1.807) is 0 Å². The summed E-state index contributed by atoms with van der Waals surface area (Å²) in [5.74, 6) is 0.736. The number of thiophene rings is 1. The van der Waals surface area contributed by atoms with Crippen LogP contribution in [0.3, 0.4) is 0 Å². The van der Waals surface area contributed by atoms with Crippen molar-refractivity contribution in [3.8, 4) is 0 Å². The van der Waals surface area contributed by atoms with Gasteiger partial charge in [0.1, 0.15) is 0 Å². The first-order chi connectivity index (χ1) is 7.77. The lowest BCUT2D eigenvalue weighted by molar-refractivity contribution is 0.136. The fraction of sp³-hybridized carbons (Fsp3) is 0.692. The van der Waals surface area contributed by atoms with E-state index in [1.165, 1.54) is 24.4 Å². The smallest absolute Gasteiger partial charge is 0.0168 e. The molecule has 1 N–H and O–H groups in total. The van der Waals surface area contributed by atoms with Gasteiger partial charge in [0.2, 0.25) is 0 Å². The third-order valence-electron chi connectivity index (χ3n) is 3.38. The third-order valence-corrected chi connectivity index (χ3v) is 4.28. The van der Waals surface area contributed by atoms with Crippen LogP contribution in [-0.2, 0) is 6.42 Å². The molecule has 2 rings (SSSR count). The second-order valence-electron chi connectivity index (χ2n) is 4.88. The van der Waals surface area contributed by atoms with Crippen LogP contribution in [-0.4, -0.2) is 37.1 Å². The Hall–Kier alpha value is -0.380. The molecule has 1 unspecified atom stereocenters. The van der Waals surface area contributed by atoms with Crippen molar-refractivity contribution in [2.75, 3.05) is 26.2 Å². The van der Waals surface area contributed by atoms with E-state index in [2.05, 4.69) is 41.6 Å². The lowest BCUT2D eigenvalue weighted by Crippen LogP contribution is -2.50. The first-order valence-corrected chi connectivity index (χ1v) is 7.12. The molecule has 16 heavy (non-hydrogen) atoms. The molecule has 1 aliphatic rings. The van der Waals surface area contributed by atoms with Gasteiger partial charge in [0.15, 0.2) is 0 Å². The number of hydrogen-bond acceptors (Lipinski definition) is 3. The van der Waals surface area contributed by atoms with E-state index in [-0.39, 0.29) is 0 Å². The summed E-state index contributed by atoms with van der Waals surface area (Å²) in [7, 11) is 0. The van der Waals surface area contributed by atoms with Crippen molar-refractivity contribution in [3.63, 3.8) is 0 Å². The van der Waals surface area contributed by atoms with Gasteiger partial charge < -0.3 is 5.32 Å². The summed E-state index contributed by atoms with van der Waals surface area (Å²) >= 11 is 1.89. The van der Waals surface area contributed by atoms with Crippen LogP contribution >= 0.6 is 11.3 Å². The molecule has 0 aromatic carbocycles. The zero-order chi connectivity index (χ0) is 11.4. The number of nitrogens with zero attached hydrogens (tertiary/aromatic N) is 1. The zero-order valence-corrected chi connectivity index (χ0v) is 11.1. The predicted molar refractivity (Wildman–Crippen MR) is 71.1 cm³/mol. The van der Waals surface area contributed by atoms with E-state index >= 15 is 0 Å². The van der Waals surface area contributed by atoms with Gasteiger partial charge in [-0.3, -0.25) is 4.90 Å². The standard InChI is InChI=1S/C13H22N2S/c1-11(2)13(10-12-4-3-9-16-12)15-7-5-14-6-8-15/h3-4,9,11,13-14H,5-8,10H2,1-2H3. The highest BCUT2D eigenvalue weighted by Gasteiger charge is 2.23. The largest absolute Gasteiger partial charge is 0.314 e. The van der Waals surface area contributed by atoms with Crippen LogP contribution in [0.25, 0.3) is 0 Å². The quantitative estimate of drug-likeness (QED) is 0.865. The molecule has 0 amide bonds. The van der Waals surface area contributed by atoms with Gasteiger partial charge in [-0.15, -0.1) is 11.3 Å². The molecule has 1 saturated heterocycles. The minimum Gasteiger partial charge on any atom is -0.314 e. The molecule has 90 valence electrons. The molecule has 0 radical (unpaired) electrons. The van der Waals surface area contributed by atoms with E-state index in [9.17, 15) is 0 Å². The Bertz CT molecular complexity index is 289. The summed E-state index contributed by atoms with van der Waals surface area (Å²) < 4.78 is 0. The van der Waals surface area contributed by atoms with Crippen LogP contribution in [0.2, 0.25) is 0 Å². The average Bonchev–Trinajstić information content (AvgIpc) is 2.79. The molecule has 2 nitrogen and oxygen atoms in total. The van der Waals surface area contributed by atoms with Crippen LogP contribution in [0, 0.1) is 5.92 Å². The molecule has 1 aromatic heterocycles. The molecule has 1 aliphatic heterocycles. The Kier molecular flexibility index (Phi) is 4.38.